The molecule has 3 nitrogen and oxygen atoms in total. The molecule has 2 aromatic rings. The number of aryl methyl sites for hydroxylation is 3. The lowest BCUT2D eigenvalue weighted by Crippen LogP contribution is -2.24. The summed E-state index contributed by atoms with van der Waals surface area (Å²) in [5.41, 5.74) is 5.00. The minimum absolute atomic E-state index is 0.322. The van der Waals surface area contributed by atoms with Crippen LogP contribution in [-0.4, -0.2) is 16.3 Å². The topological polar surface area (TPSA) is 29.9 Å². The van der Waals surface area contributed by atoms with E-state index < -0.39 is 0 Å². The van der Waals surface area contributed by atoms with Gasteiger partial charge in [0.2, 0.25) is 0 Å². The van der Waals surface area contributed by atoms with Crippen LogP contribution in [0.3, 0.4) is 0 Å². The predicted molar refractivity (Wildman–Crippen MR) is 86.9 cm³/mol. The summed E-state index contributed by atoms with van der Waals surface area (Å²) < 4.78 is 3.11. The largest absolute Gasteiger partial charge is 0.310 e. The van der Waals surface area contributed by atoms with Crippen molar-refractivity contribution >= 4 is 15.9 Å². The van der Waals surface area contributed by atoms with Crippen molar-refractivity contribution in [2.24, 2.45) is 7.05 Å². The number of hydrogen-bond acceptors (Lipinski definition) is 2. The zero-order valence-electron chi connectivity index (χ0n) is 12.6. The number of benzene rings is 1. The third-order valence-electron chi connectivity index (χ3n) is 3.57. The molecule has 20 heavy (non-hydrogen) atoms. The molecule has 1 aromatic carbocycles. The third-order valence-corrected chi connectivity index (χ3v) is 4.06. The molecule has 0 radical (unpaired) electrons. The molecule has 0 bridgehead atoms. The van der Waals surface area contributed by atoms with E-state index in [1.165, 1.54) is 16.8 Å². The van der Waals surface area contributed by atoms with Gasteiger partial charge in [-0.25, -0.2) is 0 Å². The Labute approximate surface area is 129 Å². The van der Waals surface area contributed by atoms with Crippen molar-refractivity contribution in [2.75, 3.05) is 6.54 Å². The maximum Gasteiger partial charge on any atom is 0.0596 e. The van der Waals surface area contributed by atoms with Crippen molar-refractivity contribution in [2.45, 2.75) is 33.2 Å². The molecule has 0 saturated heterocycles. The first kappa shape index (κ1) is 15.3. The van der Waals surface area contributed by atoms with Gasteiger partial charge in [0.25, 0.3) is 0 Å². The van der Waals surface area contributed by atoms with Crippen molar-refractivity contribution in [3.63, 3.8) is 0 Å². The molecule has 1 heterocycles. The van der Waals surface area contributed by atoms with E-state index in [9.17, 15) is 0 Å². The van der Waals surface area contributed by atoms with Crippen LogP contribution in [0.25, 0.3) is 0 Å². The van der Waals surface area contributed by atoms with Gasteiger partial charge in [-0.05, 0) is 49.7 Å². The van der Waals surface area contributed by atoms with E-state index >= 15 is 0 Å². The van der Waals surface area contributed by atoms with Crippen LogP contribution in [0.5, 0.6) is 0 Å². The van der Waals surface area contributed by atoms with Crippen LogP contribution in [0, 0.1) is 13.8 Å². The summed E-state index contributed by atoms with van der Waals surface area (Å²) in [7, 11) is 2.01. The predicted octanol–water partition coefficient (Wildman–Crippen LogP) is 3.69. The van der Waals surface area contributed by atoms with Crippen molar-refractivity contribution in [1.82, 2.24) is 15.1 Å². The zero-order valence-corrected chi connectivity index (χ0v) is 14.2. The number of halogens is 1. The van der Waals surface area contributed by atoms with Gasteiger partial charge >= 0.3 is 0 Å². The first-order chi connectivity index (χ1) is 9.51. The molecule has 108 valence electrons. The molecule has 1 aromatic heterocycles. The van der Waals surface area contributed by atoms with Crippen molar-refractivity contribution in [3.05, 3.63) is 51.3 Å². The van der Waals surface area contributed by atoms with E-state index in [1.54, 1.807) is 0 Å². The quantitative estimate of drug-likeness (QED) is 0.902. The van der Waals surface area contributed by atoms with Crippen molar-refractivity contribution in [3.8, 4) is 0 Å². The first-order valence-electron chi connectivity index (χ1n) is 7.00. The molecular weight excluding hydrogens is 314 g/mol. The highest BCUT2D eigenvalue weighted by Crippen LogP contribution is 2.24. The number of rotatable bonds is 5. The summed E-state index contributed by atoms with van der Waals surface area (Å²) in [6.45, 7) is 7.31. The maximum atomic E-state index is 4.44. The summed E-state index contributed by atoms with van der Waals surface area (Å²) in [5.74, 6) is 0. The molecule has 0 spiro atoms. The molecule has 1 N–H and O–H groups in total. The van der Waals surface area contributed by atoms with E-state index in [4.69, 9.17) is 0 Å². The number of hydrogen-bond donors (Lipinski definition) is 1. The third kappa shape index (κ3) is 3.49. The Balaban J connectivity index is 2.29. The fourth-order valence-electron chi connectivity index (χ4n) is 2.63. The Hall–Kier alpha value is -1.13. The van der Waals surface area contributed by atoms with Crippen LogP contribution in [0.2, 0.25) is 0 Å². The van der Waals surface area contributed by atoms with E-state index in [0.717, 1.165) is 23.1 Å². The Bertz CT molecular complexity index is 589. The number of aromatic nitrogens is 2. The summed E-state index contributed by atoms with van der Waals surface area (Å²) in [4.78, 5) is 0. The highest BCUT2D eigenvalue weighted by molar-refractivity contribution is 9.10. The molecule has 2 rings (SSSR count). The molecular formula is C16H22BrN3. The average molecular weight is 336 g/mol. The van der Waals surface area contributed by atoms with Gasteiger partial charge in [-0.3, -0.25) is 4.68 Å². The van der Waals surface area contributed by atoms with Crippen LogP contribution < -0.4 is 5.32 Å². The second-order valence-electron chi connectivity index (χ2n) is 5.22. The van der Waals surface area contributed by atoms with E-state index in [1.807, 2.05) is 18.7 Å². The van der Waals surface area contributed by atoms with Gasteiger partial charge in [-0.1, -0.05) is 28.9 Å². The second-order valence-corrected chi connectivity index (χ2v) is 6.13. The highest BCUT2D eigenvalue weighted by atomic mass is 79.9. The molecule has 0 aliphatic rings. The normalized spacial score (nSPS) is 12.7. The van der Waals surface area contributed by atoms with Gasteiger partial charge in [0.15, 0.2) is 0 Å². The molecule has 0 aliphatic heterocycles. The minimum atomic E-state index is 0.322. The summed E-state index contributed by atoms with van der Waals surface area (Å²) in [5, 5.41) is 8.02. The summed E-state index contributed by atoms with van der Waals surface area (Å²) in [6.07, 6.45) is 0.952. The molecule has 0 saturated carbocycles. The molecule has 1 atom stereocenters. The fourth-order valence-corrected chi connectivity index (χ4v) is 3.11. The van der Waals surface area contributed by atoms with Crippen LogP contribution in [0.1, 0.15) is 35.5 Å². The van der Waals surface area contributed by atoms with E-state index in [-0.39, 0.29) is 0 Å². The van der Waals surface area contributed by atoms with Gasteiger partial charge < -0.3 is 5.32 Å². The highest BCUT2D eigenvalue weighted by Gasteiger charge is 2.16. The number of nitrogens with one attached hydrogen (secondary N) is 1. The summed E-state index contributed by atoms with van der Waals surface area (Å²) in [6, 6.07) is 8.98. The lowest BCUT2D eigenvalue weighted by atomic mass is 9.97. The van der Waals surface area contributed by atoms with Crippen LogP contribution in [-0.2, 0) is 13.5 Å². The summed E-state index contributed by atoms with van der Waals surface area (Å²) >= 11 is 3.53. The molecule has 0 aliphatic carbocycles. The lowest BCUT2D eigenvalue weighted by Gasteiger charge is -2.20. The first-order valence-corrected chi connectivity index (χ1v) is 7.79. The number of nitrogens with zero attached hydrogens (tertiary/aromatic N) is 2. The number of likely N-dealkylation sites (N-methyl/N-ethyl adjacent to an activating group) is 1. The minimum Gasteiger partial charge on any atom is -0.310 e. The van der Waals surface area contributed by atoms with Gasteiger partial charge in [0.05, 0.1) is 5.69 Å². The van der Waals surface area contributed by atoms with E-state index in [2.05, 4.69) is 64.5 Å². The van der Waals surface area contributed by atoms with Crippen LogP contribution >= 0.6 is 15.9 Å². The SMILES string of the molecule is CCNC(Cc1cc(C)nn1C)c1ccc(Br)cc1C. The standard InChI is InChI=1S/C16H22BrN3/c1-5-18-16(10-14-9-12(3)19-20(14)4)15-7-6-13(17)8-11(15)2/h6-9,16,18H,5,10H2,1-4H3. The lowest BCUT2D eigenvalue weighted by molar-refractivity contribution is 0.526. The smallest absolute Gasteiger partial charge is 0.0596 e. The molecule has 0 amide bonds. The average Bonchev–Trinajstić information content (AvgIpc) is 2.67. The van der Waals surface area contributed by atoms with Gasteiger partial charge in [0.1, 0.15) is 0 Å². The van der Waals surface area contributed by atoms with Crippen molar-refractivity contribution in [1.29, 1.82) is 0 Å². The molecule has 0 fully saturated rings. The van der Waals surface area contributed by atoms with Gasteiger partial charge in [-0.2, -0.15) is 5.10 Å². The molecule has 1 unspecified atom stereocenters. The Morgan fingerprint density at radius 3 is 2.60 bits per heavy atom. The van der Waals surface area contributed by atoms with E-state index in [0.29, 0.717) is 6.04 Å². The Kier molecular flexibility index (Phi) is 5.00. The Morgan fingerprint density at radius 1 is 1.30 bits per heavy atom. The van der Waals surface area contributed by atoms with Gasteiger partial charge in [-0.15, -0.1) is 0 Å². The fraction of sp³-hybridized carbons (Fsp3) is 0.438. The van der Waals surface area contributed by atoms with Crippen molar-refractivity contribution < 1.29 is 0 Å². The second kappa shape index (κ2) is 6.55. The van der Waals surface area contributed by atoms with Crippen LogP contribution in [0.4, 0.5) is 0 Å². The zero-order chi connectivity index (χ0) is 14.7. The maximum absolute atomic E-state index is 4.44. The molecule has 4 heteroatoms. The van der Waals surface area contributed by atoms with Crippen LogP contribution in [0.15, 0.2) is 28.7 Å². The monoisotopic (exact) mass is 335 g/mol. The van der Waals surface area contributed by atoms with Gasteiger partial charge in [0, 0.05) is 29.7 Å². The Morgan fingerprint density at radius 2 is 2.05 bits per heavy atom.